The molecule has 3 atom stereocenters. The van der Waals surface area contributed by atoms with Crippen LogP contribution in [-0.2, 0) is 16.0 Å². The first kappa shape index (κ1) is 19.8. The normalized spacial score (nSPS) is 30.0. The Morgan fingerprint density at radius 3 is 2.50 bits per heavy atom. The Labute approximate surface area is 182 Å². The molecule has 5 rings (SSSR count). The number of likely N-dealkylation sites (tertiary alicyclic amines) is 1. The molecule has 1 N–H and O–H groups in total. The lowest BCUT2D eigenvalue weighted by molar-refractivity contribution is -0.134. The lowest BCUT2D eigenvalue weighted by Gasteiger charge is -2.28. The molecule has 1 aromatic carbocycles. The van der Waals surface area contributed by atoms with Gasteiger partial charge < -0.3 is 10.2 Å². The Kier molecular flexibility index (Phi) is 5.18. The van der Waals surface area contributed by atoms with Crippen LogP contribution in [0.4, 0.5) is 0 Å². The molecule has 0 spiro atoms. The molecule has 2 aliphatic carbocycles. The Hall–Kier alpha value is -2.14. The summed E-state index contributed by atoms with van der Waals surface area (Å²) in [6, 6.07) is 12.8. The molecule has 0 bridgehead atoms. The lowest BCUT2D eigenvalue weighted by atomic mass is 9.79. The van der Waals surface area contributed by atoms with Crippen molar-refractivity contribution in [3.05, 3.63) is 47.3 Å². The van der Waals surface area contributed by atoms with E-state index in [4.69, 9.17) is 0 Å². The number of thiophene rings is 1. The Bertz CT molecular complexity index is 911. The van der Waals surface area contributed by atoms with Crippen LogP contribution >= 0.6 is 11.3 Å². The van der Waals surface area contributed by atoms with Crippen molar-refractivity contribution >= 4 is 23.2 Å². The van der Waals surface area contributed by atoms with Crippen molar-refractivity contribution in [1.29, 1.82) is 0 Å². The summed E-state index contributed by atoms with van der Waals surface area (Å²) in [4.78, 5) is 29.4. The van der Waals surface area contributed by atoms with Gasteiger partial charge in [-0.2, -0.15) is 0 Å². The van der Waals surface area contributed by atoms with Gasteiger partial charge in [0.2, 0.25) is 11.8 Å². The molecule has 0 radical (unpaired) electrons. The molecule has 2 saturated carbocycles. The van der Waals surface area contributed by atoms with Crippen molar-refractivity contribution in [3.63, 3.8) is 0 Å². The third-order valence-corrected chi connectivity index (χ3v) is 8.54. The van der Waals surface area contributed by atoms with E-state index in [1.807, 2.05) is 4.90 Å². The number of nitrogens with one attached hydrogen (secondary N) is 1. The maximum atomic E-state index is 13.2. The van der Waals surface area contributed by atoms with Gasteiger partial charge in [-0.1, -0.05) is 43.2 Å². The van der Waals surface area contributed by atoms with Crippen LogP contribution in [0.25, 0.3) is 10.4 Å². The summed E-state index contributed by atoms with van der Waals surface area (Å²) in [6.07, 6.45) is 6.40. The SMILES string of the molecule is CNC(=O)[C@]1(Cc2ccc(-c3cccs3)cc2)CCN(C(=O)C2[C@@H]3CCCC[C@@H]23)C1. The summed E-state index contributed by atoms with van der Waals surface area (Å²) in [7, 11) is 1.71. The van der Waals surface area contributed by atoms with Crippen molar-refractivity contribution in [2.45, 2.75) is 38.5 Å². The summed E-state index contributed by atoms with van der Waals surface area (Å²) in [5, 5.41) is 4.97. The first-order chi connectivity index (χ1) is 14.6. The first-order valence-electron chi connectivity index (χ1n) is 11.3. The molecule has 5 heteroatoms. The van der Waals surface area contributed by atoms with Gasteiger partial charge in [0.05, 0.1) is 5.41 Å². The zero-order valence-corrected chi connectivity index (χ0v) is 18.4. The fourth-order valence-corrected chi connectivity index (χ4v) is 6.66. The van der Waals surface area contributed by atoms with Gasteiger partial charge >= 0.3 is 0 Å². The van der Waals surface area contributed by atoms with Gasteiger partial charge in [-0.3, -0.25) is 9.59 Å². The monoisotopic (exact) mass is 422 g/mol. The van der Waals surface area contributed by atoms with Crippen LogP contribution in [-0.4, -0.2) is 36.9 Å². The van der Waals surface area contributed by atoms with E-state index in [1.165, 1.54) is 36.1 Å². The van der Waals surface area contributed by atoms with E-state index in [2.05, 4.69) is 47.1 Å². The predicted molar refractivity (Wildman–Crippen MR) is 120 cm³/mol. The standard InChI is InChI=1S/C25H30N2O2S/c1-26-24(29)25(15-17-8-10-18(11-9-17)21-7-4-14-30-21)12-13-27(16-25)23(28)22-19-5-2-3-6-20(19)22/h4,7-11,14,19-20,22H,2-3,5-6,12-13,15-16H2,1H3,(H,26,29)/t19-,20-,25+/m1/s1. The minimum Gasteiger partial charge on any atom is -0.359 e. The lowest BCUT2D eigenvalue weighted by Crippen LogP contribution is -2.44. The predicted octanol–water partition coefficient (Wildman–Crippen LogP) is 4.36. The Morgan fingerprint density at radius 1 is 1.13 bits per heavy atom. The van der Waals surface area contributed by atoms with Crippen LogP contribution in [0.1, 0.15) is 37.7 Å². The van der Waals surface area contributed by atoms with Gasteiger partial charge in [-0.25, -0.2) is 0 Å². The second kappa shape index (κ2) is 7.84. The highest BCUT2D eigenvalue weighted by atomic mass is 32.1. The number of hydrogen-bond acceptors (Lipinski definition) is 3. The van der Waals surface area contributed by atoms with Gasteiger partial charge in [0.15, 0.2) is 0 Å². The average Bonchev–Trinajstić information content (AvgIpc) is 3.11. The first-order valence-corrected chi connectivity index (χ1v) is 12.1. The Morgan fingerprint density at radius 2 is 1.87 bits per heavy atom. The molecule has 158 valence electrons. The maximum absolute atomic E-state index is 13.2. The number of hydrogen-bond donors (Lipinski definition) is 1. The fraction of sp³-hybridized carbons (Fsp3) is 0.520. The smallest absolute Gasteiger partial charge is 0.228 e. The van der Waals surface area contributed by atoms with Crippen molar-refractivity contribution in [3.8, 4) is 10.4 Å². The van der Waals surface area contributed by atoms with Crippen molar-refractivity contribution in [2.75, 3.05) is 20.1 Å². The number of fused-ring (bicyclic) bond motifs is 1. The highest BCUT2D eigenvalue weighted by molar-refractivity contribution is 7.13. The van der Waals surface area contributed by atoms with Gasteiger partial charge in [0.1, 0.15) is 0 Å². The second-order valence-electron chi connectivity index (χ2n) is 9.36. The largest absolute Gasteiger partial charge is 0.359 e. The van der Waals surface area contributed by atoms with Gasteiger partial charge in [0.25, 0.3) is 0 Å². The summed E-state index contributed by atoms with van der Waals surface area (Å²) in [5.41, 5.74) is 1.85. The minimum atomic E-state index is -0.519. The van der Waals surface area contributed by atoms with Crippen LogP contribution < -0.4 is 5.32 Å². The van der Waals surface area contributed by atoms with Crippen molar-refractivity contribution in [2.24, 2.45) is 23.2 Å². The van der Waals surface area contributed by atoms with Crippen LogP contribution in [0.2, 0.25) is 0 Å². The third-order valence-electron chi connectivity index (χ3n) is 7.62. The highest BCUT2D eigenvalue weighted by Crippen LogP contribution is 2.56. The number of amides is 2. The van der Waals surface area contributed by atoms with E-state index in [1.54, 1.807) is 18.4 Å². The molecule has 2 aromatic rings. The van der Waals surface area contributed by atoms with Crippen LogP contribution in [0.5, 0.6) is 0 Å². The zero-order chi connectivity index (χ0) is 20.7. The van der Waals surface area contributed by atoms with Gasteiger partial charge in [-0.05, 0) is 60.1 Å². The summed E-state index contributed by atoms with van der Waals surface area (Å²) in [6.45, 7) is 1.25. The quantitative estimate of drug-likeness (QED) is 0.778. The molecule has 3 fully saturated rings. The van der Waals surface area contributed by atoms with Gasteiger partial charge in [0, 0.05) is 30.9 Å². The summed E-state index contributed by atoms with van der Waals surface area (Å²) >= 11 is 1.73. The zero-order valence-electron chi connectivity index (χ0n) is 17.6. The van der Waals surface area contributed by atoms with E-state index >= 15 is 0 Å². The fourth-order valence-electron chi connectivity index (χ4n) is 5.93. The molecule has 1 saturated heterocycles. The van der Waals surface area contributed by atoms with Gasteiger partial charge in [-0.15, -0.1) is 11.3 Å². The molecule has 30 heavy (non-hydrogen) atoms. The molecule has 1 aromatic heterocycles. The Balaban J connectivity index is 1.31. The molecule has 3 aliphatic rings. The summed E-state index contributed by atoms with van der Waals surface area (Å²) < 4.78 is 0. The minimum absolute atomic E-state index is 0.0633. The number of benzene rings is 1. The van der Waals surface area contributed by atoms with E-state index in [0.717, 1.165) is 12.0 Å². The number of carbonyl (C=O) groups excluding carboxylic acids is 2. The number of rotatable bonds is 5. The molecule has 4 nitrogen and oxygen atoms in total. The third kappa shape index (κ3) is 3.47. The van der Waals surface area contributed by atoms with E-state index in [9.17, 15) is 9.59 Å². The number of carbonyl (C=O) groups is 2. The maximum Gasteiger partial charge on any atom is 0.228 e. The van der Waals surface area contributed by atoms with Crippen LogP contribution in [0.15, 0.2) is 41.8 Å². The topological polar surface area (TPSA) is 49.4 Å². The van der Waals surface area contributed by atoms with Crippen molar-refractivity contribution in [1.82, 2.24) is 10.2 Å². The van der Waals surface area contributed by atoms with E-state index in [-0.39, 0.29) is 11.8 Å². The summed E-state index contributed by atoms with van der Waals surface area (Å²) in [5.74, 6) is 1.84. The molecular formula is C25H30N2O2S. The average molecular weight is 423 g/mol. The second-order valence-corrected chi connectivity index (χ2v) is 10.3. The highest BCUT2D eigenvalue weighted by Gasteiger charge is 2.57. The van der Waals surface area contributed by atoms with E-state index < -0.39 is 5.41 Å². The van der Waals surface area contributed by atoms with Crippen molar-refractivity contribution < 1.29 is 9.59 Å². The van der Waals surface area contributed by atoms with Crippen LogP contribution in [0, 0.1) is 23.2 Å². The molecule has 1 aliphatic heterocycles. The molecule has 0 unspecified atom stereocenters. The number of nitrogens with zero attached hydrogens (tertiary/aromatic N) is 1. The molecule has 2 amide bonds. The van der Waals surface area contributed by atoms with E-state index in [0.29, 0.717) is 37.3 Å². The van der Waals surface area contributed by atoms with Crippen LogP contribution in [0.3, 0.4) is 0 Å². The molecular weight excluding hydrogens is 392 g/mol. The molecule has 2 heterocycles.